The van der Waals surface area contributed by atoms with Crippen molar-refractivity contribution in [2.75, 3.05) is 17.6 Å². The number of benzene rings is 2. The van der Waals surface area contributed by atoms with E-state index in [4.69, 9.17) is 21.4 Å². The maximum absolute atomic E-state index is 13.4. The van der Waals surface area contributed by atoms with Crippen molar-refractivity contribution in [3.63, 3.8) is 0 Å². The van der Waals surface area contributed by atoms with Gasteiger partial charge in [0.1, 0.15) is 12.4 Å². The molecule has 1 aliphatic rings. The van der Waals surface area contributed by atoms with E-state index in [1.54, 1.807) is 48.5 Å². The third kappa shape index (κ3) is 6.61. The van der Waals surface area contributed by atoms with Gasteiger partial charge in [0.15, 0.2) is 0 Å². The number of hydrogen-bond donors (Lipinski definition) is 4. The van der Waals surface area contributed by atoms with Crippen LogP contribution in [0.3, 0.4) is 0 Å². The van der Waals surface area contributed by atoms with Gasteiger partial charge < -0.3 is 21.9 Å². The number of aliphatic imine (C=N–C) groups is 1. The van der Waals surface area contributed by atoms with Crippen molar-refractivity contribution < 1.29 is 19.5 Å². The lowest BCUT2D eigenvalue weighted by Crippen LogP contribution is -2.34. The van der Waals surface area contributed by atoms with Gasteiger partial charge in [0.25, 0.3) is 11.8 Å². The summed E-state index contributed by atoms with van der Waals surface area (Å²) < 4.78 is 0. The first-order valence-corrected chi connectivity index (χ1v) is 12.2. The summed E-state index contributed by atoms with van der Waals surface area (Å²) in [5, 5.41) is 13.2. The number of aliphatic hydroxyl groups excluding tert-OH is 1. The molecule has 0 spiro atoms. The quantitative estimate of drug-likeness (QED) is 0.251. The summed E-state index contributed by atoms with van der Waals surface area (Å²) in [6.07, 6.45) is 4.05. The highest BCUT2D eigenvalue weighted by Crippen LogP contribution is 2.29. The number of carbonyl (C=O) groups excluding carboxylic acids is 2. The number of anilines is 2. The van der Waals surface area contributed by atoms with Crippen LogP contribution in [0.1, 0.15) is 46.9 Å². The molecule has 0 unspecified atom stereocenters. The molecule has 1 aromatic heterocycles. The number of aromatic nitrogens is 1. The Hall–Kier alpha value is -4.54. The predicted octanol–water partition coefficient (Wildman–Crippen LogP) is 3.55. The van der Waals surface area contributed by atoms with Gasteiger partial charge in [0.05, 0.1) is 29.9 Å². The minimum Gasteiger partial charge on any atom is -0.399 e. The summed E-state index contributed by atoms with van der Waals surface area (Å²) in [7, 11) is 0. The van der Waals surface area contributed by atoms with Crippen molar-refractivity contribution in [3.8, 4) is 0 Å². The van der Waals surface area contributed by atoms with E-state index in [0.717, 1.165) is 5.56 Å². The molecule has 2 heterocycles. The minimum absolute atomic E-state index is 0.142. The normalized spacial score (nSPS) is 12.6. The van der Waals surface area contributed by atoms with Gasteiger partial charge in [0.2, 0.25) is 0 Å². The molecule has 0 saturated carbocycles. The Bertz CT molecular complexity index is 1370. The minimum atomic E-state index is -0.352. The van der Waals surface area contributed by atoms with Crippen molar-refractivity contribution in [1.29, 1.82) is 0 Å². The van der Waals surface area contributed by atoms with Crippen molar-refractivity contribution >= 4 is 40.8 Å². The summed E-state index contributed by atoms with van der Waals surface area (Å²) >= 11 is 0. The lowest BCUT2D eigenvalue weighted by molar-refractivity contribution is -0.187. The van der Waals surface area contributed by atoms with Gasteiger partial charge in [-0.2, -0.15) is 0 Å². The van der Waals surface area contributed by atoms with Crippen LogP contribution in [0, 0.1) is 0 Å². The van der Waals surface area contributed by atoms with Crippen LogP contribution in [0.15, 0.2) is 71.4 Å². The summed E-state index contributed by atoms with van der Waals surface area (Å²) in [5.41, 5.74) is 16.4. The largest absolute Gasteiger partial charge is 0.399 e. The van der Waals surface area contributed by atoms with Gasteiger partial charge >= 0.3 is 0 Å². The molecular formula is C28H30N6O4. The molecule has 2 aromatic carbocycles. The van der Waals surface area contributed by atoms with Gasteiger partial charge in [-0.25, -0.2) is 10.1 Å². The van der Waals surface area contributed by atoms with Crippen LogP contribution in [0.4, 0.5) is 17.1 Å². The first-order valence-electron chi connectivity index (χ1n) is 12.2. The Kier molecular flexibility index (Phi) is 8.47. The highest BCUT2D eigenvalue weighted by atomic mass is 16.7. The standard InChI is InChI=1S/C28H30N6O4/c1-2-11-34(38-17-18-3-7-22(29)8-4-18)28(37)21-12-19-5-6-20(13-25(19)33-26(30)14-21)27(36)32-23-9-10-24(16-35)31-15-23/h3-10,12-13,15,35H,2,11,14,16-17,29H2,1H3,(H2,30,33)(H,32,36). The SMILES string of the molecule is CCCN(OCc1ccc(N)cc1)C(=O)C1=Cc2ccc(C(=O)Nc3ccc(CO)nc3)cc2N=C(N)C1. The molecule has 0 radical (unpaired) electrons. The van der Waals surface area contributed by atoms with Crippen LogP contribution >= 0.6 is 0 Å². The number of hydroxylamine groups is 2. The Morgan fingerprint density at radius 2 is 1.89 bits per heavy atom. The molecule has 10 heteroatoms. The third-order valence-corrected chi connectivity index (χ3v) is 5.80. The molecule has 0 saturated heterocycles. The van der Waals surface area contributed by atoms with Gasteiger partial charge in [-0.1, -0.05) is 25.1 Å². The van der Waals surface area contributed by atoms with Gasteiger partial charge in [-0.15, -0.1) is 0 Å². The number of amidine groups is 1. The number of aliphatic hydroxyl groups is 1. The van der Waals surface area contributed by atoms with Crippen LogP contribution in [-0.4, -0.2) is 39.3 Å². The molecule has 4 rings (SSSR count). The summed E-state index contributed by atoms with van der Waals surface area (Å²) in [6.45, 7) is 2.41. The number of nitrogens with one attached hydrogen (secondary N) is 1. The zero-order chi connectivity index (χ0) is 27.1. The maximum atomic E-state index is 13.4. The molecule has 196 valence electrons. The van der Waals surface area contributed by atoms with E-state index in [2.05, 4.69) is 15.3 Å². The molecule has 2 amide bonds. The van der Waals surface area contributed by atoms with Crippen LogP contribution in [-0.2, 0) is 22.8 Å². The second-order valence-corrected chi connectivity index (χ2v) is 8.80. The Morgan fingerprint density at radius 1 is 1.11 bits per heavy atom. The number of amides is 2. The van der Waals surface area contributed by atoms with E-state index in [1.807, 2.05) is 19.1 Å². The lowest BCUT2D eigenvalue weighted by atomic mass is 10.0. The van der Waals surface area contributed by atoms with Crippen molar-refractivity contribution in [3.05, 3.63) is 88.8 Å². The average molecular weight is 515 g/mol. The fourth-order valence-corrected chi connectivity index (χ4v) is 3.82. The fraction of sp³-hybridized carbons (Fsp3) is 0.214. The molecule has 0 aliphatic carbocycles. The zero-order valence-corrected chi connectivity index (χ0v) is 21.1. The highest BCUT2D eigenvalue weighted by Gasteiger charge is 2.23. The molecule has 0 atom stereocenters. The zero-order valence-electron chi connectivity index (χ0n) is 21.1. The average Bonchev–Trinajstić information content (AvgIpc) is 3.09. The number of rotatable bonds is 9. The number of fused-ring (bicyclic) bond motifs is 1. The van der Waals surface area contributed by atoms with Crippen molar-refractivity contribution in [1.82, 2.24) is 10.0 Å². The van der Waals surface area contributed by atoms with E-state index in [1.165, 1.54) is 11.3 Å². The number of nitrogens with two attached hydrogens (primary N) is 2. The molecule has 10 nitrogen and oxygen atoms in total. The summed E-state index contributed by atoms with van der Waals surface area (Å²) in [6, 6.07) is 15.6. The van der Waals surface area contributed by atoms with Crippen molar-refractivity contribution in [2.24, 2.45) is 10.7 Å². The number of nitrogen functional groups attached to an aromatic ring is 1. The highest BCUT2D eigenvalue weighted by molar-refractivity contribution is 6.07. The van der Waals surface area contributed by atoms with Gasteiger partial charge in [0, 0.05) is 35.4 Å². The van der Waals surface area contributed by atoms with Crippen LogP contribution < -0.4 is 16.8 Å². The number of hydrogen-bond acceptors (Lipinski definition) is 8. The second kappa shape index (κ2) is 12.1. The molecule has 0 fully saturated rings. The maximum Gasteiger partial charge on any atom is 0.273 e. The first-order chi connectivity index (χ1) is 18.4. The van der Waals surface area contributed by atoms with Crippen LogP contribution in [0.25, 0.3) is 6.08 Å². The van der Waals surface area contributed by atoms with Crippen LogP contribution in [0.5, 0.6) is 0 Å². The topological polar surface area (TPSA) is 156 Å². The molecular weight excluding hydrogens is 484 g/mol. The van der Waals surface area contributed by atoms with Crippen molar-refractivity contribution in [2.45, 2.75) is 33.0 Å². The van der Waals surface area contributed by atoms with E-state index in [-0.39, 0.29) is 37.3 Å². The molecule has 1 aliphatic heterocycles. The third-order valence-electron chi connectivity index (χ3n) is 5.80. The molecule has 0 bridgehead atoms. The first kappa shape index (κ1) is 26.5. The van der Waals surface area contributed by atoms with E-state index in [0.29, 0.717) is 52.4 Å². The van der Waals surface area contributed by atoms with E-state index >= 15 is 0 Å². The number of pyridine rings is 1. The molecule has 6 N–H and O–H groups in total. The molecule has 38 heavy (non-hydrogen) atoms. The Labute approximate surface area is 220 Å². The summed E-state index contributed by atoms with van der Waals surface area (Å²) in [4.78, 5) is 40.6. The summed E-state index contributed by atoms with van der Waals surface area (Å²) in [5.74, 6) is -0.400. The van der Waals surface area contributed by atoms with Gasteiger partial charge in [-0.3, -0.25) is 19.4 Å². The fourth-order valence-electron chi connectivity index (χ4n) is 3.82. The second-order valence-electron chi connectivity index (χ2n) is 8.80. The predicted molar refractivity (Wildman–Crippen MR) is 146 cm³/mol. The van der Waals surface area contributed by atoms with Gasteiger partial charge in [-0.05, 0) is 54.5 Å². The van der Waals surface area contributed by atoms with Crippen LogP contribution in [0.2, 0.25) is 0 Å². The Morgan fingerprint density at radius 3 is 2.58 bits per heavy atom. The smallest absolute Gasteiger partial charge is 0.273 e. The Balaban J connectivity index is 1.51. The van der Waals surface area contributed by atoms with E-state index in [9.17, 15) is 9.59 Å². The molecule has 3 aromatic rings. The monoisotopic (exact) mass is 514 g/mol. The number of nitrogens with zero attached hydrogens (tertiary/aromatic N) is 3. The number of carbonyl (C=O) groups is 2. The van der Waals surface area contributed by atoms with E-state index < -0.39 is 0 Å². The lowest BCUT2D eigenvalue weighted by Gasteiger charge is -2.22.